The molecule has 0 aromatic rings. The minimum Gasteiger partial charge on any atom is -0.348 e. The minimum absolute atomic E-state index is 0.538. The Labute approximate surface area is 65.5 Å². The number of sulfonamides is 1. The third-order valence-electron chi connectivity index (χ3n) is 0.517. The van der Waals surface area contributed by atoms with Crippen molar-refractivity contribution in [2.24, 2.45) is 0 Å². The molecule has 0 aliphatic heterocycles. The van der Waals surface area contributed by atoms with E-state index < -0.39 is 22.2 Å². The van der Waals surface area contributed by atoms with E-state index in [9.17, 15) is 26.4 Å². The van der Waals surface area contributed by atoms with Crippen LogP contribution in [0, 0.1) is 0 Å². The van der Waals surface area contributed by atoms with Crippen molar-refractivity contribution in [3.63, 3.8) is 0 Å². The monoisotopic (exact) mass is 207 g/mol. The molecule has 0 unspecified atom stereocenters. The predicted octanol–water partition coefficient (Wildman–Crippen LogP) is -0.444. The topological polar surface area (TPSA) is 72.5 Å². The van der Waals surface area contributed by atoms with Crippen LogP contribution in [0.1, 0.15) is 0 Å². The molecule has 0 aliphatic rings. The maximum Gasteiger partial charge on any atom is 0.492 e. The lowest BCUT2D eigenvalue weighted by atomic mass is 10.7. The van der Waals surface area contributed by atoms with Crippen LogP contribution >= 0.6 is 0 Å². The van der Waals surface area contributed by atoms with Crippen molar-refractivity contribution in [3.8, 4) is 0 Å². The largest absolute Gasteiger partial charge is 0.492 e. The van der Waals surface area contributed by atoms with Crippen LogP contribution in [0.5, 0.6) is 0 Å². The Hall–Kier alpha value is -0.830. The van der Waals surface area contributed by atoms with Crippen LogP contribution in [-0.2, 0) is 19.7 Å². The molecule has 1 N–H and O–H groups in total. The molecule has 9 heteroatoms. The van der Waals surface area contributed by atoms with Crippen LogP contribution in [0.4, 0.5) is 13.2 Å². The fraction of sp³-hybridized carbons (Fsp3) is 0.667. The molecule has 0 heterocycles. The van der Waals surface area contributed by atoms with E-state index in [-0.39, 0.29) is 0 Å². The van der Waals surface area contributed by atoms with Gasteiger partial charge in [0.05, 0.1) is 6.26 Å². The van der Waals surface area contributed by atoms with Gasteiger partial charge in [0.25, 0.3) is 0 Å². The third-order valence-corrected chi connectivity index (χ3v) is 0.903. The van der Waals surface area contributed by atoms with E-state index in [2.05, 4.69) is 4.84 Å². The molecule has 0 aromatic carbocycles. The lowest BCUT2D eigenvalue weighted by molar-refractivity contribution is -0.203. The highest BCUT2D eigenvalue weighted by Crippen LogP contribution is 2.15. The van der Waals surface area contributed by atoms with Crippen molar-refractivity contribution in [1.29, 1.82) is 0 Å². The molecule has 0 radical (unpaired) electrons. The summed E-state index contributed by atoms with van der Waals surface area (Å²) >= 11 is 0. The Morgan fingerprint density at radius 3 is 2.08 bits per heavy atom. The molecule has 12 heavy (non-hydrogen) atoms. The quantitative estimate of drug-likeness (QED) is 0.623. The second-order valence-corrected chi connectivity index (χ2v) is 3.45. The van der Waals surface area contributed by atoms with E-state index in [1.54, 1.807) is 0 Å². The summed E-state index contributed by atoms with van der Waals surface area (Å²) in [4.78, 5) is 13.9. The lowest BCUT2D eigenvalue weighted by Gasteiger charge is -2.04. The Balaban J connectivity index is 4.07. The van der Waals surface area contributed by atoms with E-state index >= 15 is 0 Å². The first-order valence-corrected chi connectivity index (χ1v) is 4.27. The van der Waals surface area contributed by atoms with Crippen molar-refractivity contribution < 1.29 is 31.2 Å². The summed E-state index contributed by atoms with van der Waals surface area (Å²) in [6, 6.07) is 0. The van der Waals surface area contributed by atoms with Gasteiger partial charge in [-0.05, 0) is 4.89 Å². The smallest absolute Gasteiger partial charge is 0.348 e. The van der Waals surface area contributed by atoms with Gasteiger partial charge in [-0.2, -0.15) is 13.2 Å². The first-order valence-electron chi connectivity index (χ1n) is 2.38. The van der Waals surface area contributed by atoms with Crippen LogP contribution in [0.15, 0.2) is 0 Å². The van der Waals surface area contributed by atoms with Gasteiger partial charge in [-0.25, -0.2) is 13.2 Å². The van der Waals surface area contributed by atoms with E-state index in [4.69, 9.17) is 0 Å². The Bertz CT molecular complexity index is 268. The highest BCUT2D eigenvalue weighted by Gasteiger charge is 2.41. The first kappa shape index (κ1) is 11.2. The second kappa shape index (κ2) is 3.27. The van der Waals surface area contributed by atoms with Gasteiger partial charge in [0.2, 0.25) is 10.0 Å². The Morgan fingerprint density at radius 2 is 1.83 bits per heavy atom. The van der Waals surface area contributed by atoms with E-state index in [1.165, 1.54) is 0 Å². The molecular weight excluding hydrogens is 203 g/mol. The SMILES string of the molecule is CS(=O)(=O)NOC(=O)C(F)(F)F. The van der Waals surface area contributed by atoms with Gasteiger partial charge in [0, 0.05) is 0 Å². The van der Waals surface area contributed by atoms with Gasteiger partial charge in [-0.15, -0.1) is 0 Å². The highest BCUT2D eigenvalue weighted by atomic mass is 32.2. The molecule has 0 bridgehead atoms. The molecule has 72 valence electrons. The van der Waals surface area contributed by atoms with Crippen LogP contribution in [0.3, 0.4) is 0 Å². The average Bonchev–Trinajstić information content (AvgIpc) is 1.78. The van der Waals surface area contributed by atoms with Crippen LogP contribution in [0.25, 0.3) is 0 Å². The molecule has 0 saturated carbocycles. The Morgan fingerprint density at radius 1 is 1.42 bits per heavy atom. The fourth-order valence-corrected chi connectivity index (χ4v) is 0.398. The highest BCUT2D eigenvalue weighted by molar-refractivity contribution is 7.88. The maximum absolute atomic E-state index is 11.3. The molecule has 0 atom stereocenters. The summed E-state index contributed by atoms with van der Waals surface area (Å²) in [5.41, 5.74) is 0. The van der Waals surface area contributed by atoms with Crippen LogP contribution < -0.4 is 4.89 Å². The molecule has 0 fully saturated rings. The zero-order chi connectivity index (χ0) is 9.99. The van der Waals surface area contributed by atoms with Gasteiger partial charge in [0.15, 0.2) is 0 Å². The standard InChI is InChI=1S/C3H4F3NO4S/c1-12(9,10)7-11-2(8)3(4,5)6/h7H,1H3. The lowest BCUT2D eigenvalue weighted by Crippen LogP contribution is -2.33. The predicted molar refractivity (Wildman–Crippen MR) is 30.1 cm³/mol. The molecule has 0 aliphatic carbocycles. The summed E-state index contributed by atoms with van der Waals surface area (Å²) in [6.45, 7) is 0. The Kier molecular flexibility index (Phi) is 3.04. The van der Waals surface area contributed by atoms with Crippen molar-refractivity contribution in [2.45, 2.75) is 6.18 Å². The van der Waals surface area contributed by atoms with Crippen molar-refractivity contribution in [3.05, 3.63) is 0 Å². The van der Waals surface area contributed by atoms with Gasteiger partial charge >= 0.3 is 12.1 Å². The number of carbonyl (C=O) groups excluding carboxylic acids is 1. The van der Waals surface area contributed by atoms with Gasteiger partial charge in [-0.1, -0.05) is 0 Å². The van der Waals surface area contributed by atoms with Gasteiger partial charge in [-0.3, -0.25) is 0 Å². The van der Waals surface area contributed by atoms with E-state index in [0.29, 0.717) is 6.26 Å². The zero-order valence-electron chi connectivity index (χ0n) is 5.68. The molecule has 0 spiro atoms. The van der Waals surface area contributed by atoms with Crippen molar-refractivity contribution >= 4 is 16.0 Å². The van der Waals surface area contributed by atoms with E-state index in [1.807, 2.05) is 0 Å². The number of rotatable bonds is 2. The number of hydrogen-bond donors (Lipinski definition) is 1. The van der Waals surface area contributed by atoms with Gasteiger partial charge < -0.3 is 4.84 Å². The van der Waals surface area contributed by atoms with E-state index in [0.717, 1.165) is 4.89 Å². The van der Waals surface area contributed by atoms with Gasteiger partial charge in [0.1, 0.15) is 0 Å². The number of halogens is 3. The molecular formula is C3H4F3NO4S. The summed E-state index contributed by atoms with van der Waals surface area (Å²) < 4.78 is 54.2. The summed E-state index contributed by atoms with van der Waals surface area (Å²) in [7, 11) is -3.97. The number of hydrogen-bond acceptors (Lipinski definition) is 4. The first-order chi connectivity index (χ1) is 5.13. The zero-order valence-corrected chi connectivity index (χ0v) is 6.49. The third kappa shape index (κ3) is 4.91. The molecule has 0 aromatic heterocycles. The summed E-state index contributed by atoms with van der Waals surface area (Å²) in [6.07, 6.45) is -4.67. The molecule has 0 rings (SSSR count). The van der Waals surface area contributed by atoms with Crippen molar-refractivity contribution in [1.82, 2.24) is 4.89 Å². The maximum atomic E-state index is 11.3. The fourth-order valence-electron chi connectivity index (χ4n) is 0.171. The number of alkyl halides is 3. The minimum atomic E-state index is -5.21. The molecule has 5 nitrogen and oxygen atoms in total. The number of carbonyl (C=O) groups is 1. The molecule has 0 saturated heterocycles. The average molecular weight is 207 g/mol. The number of nitrogens with one attached hydrogen (secondary N) is 1. The molecule has 0 amide bonds. The van der Waals surface area contributed by atoms with Crippen LogP contribution in [-0.4, -0.2) is 26.8 Å². The second-order valence-electron chi connectivity index (χ2n) is 1.74. The van der Waals surface area contributed by atoms with Crippen LogP contribution in [0.2, 0.25) is 0 Å². The van der Waals surface area contributed by atoms with Crippen molar-refractivity contribution in [2.75, 3.05) is 6.26 Å². The summed E-state index contributed by atoms with van der Waals surface area (Å²) in [5, 5.41) is 0. The summed E-state index contributed by atoms with van der Waals surface area (Å²) in [5.74, 6) is -2.62. The normalized spacial score (nSPS) is 12.7.